The summed E-state index contributed by atoms with van der Waals surface area (Å²) in [6, 6.07) is 12.4. The molecule has 0 bridgehead atoms. The fourth-order valence-corrected chi connectivity index (χ4v) is 15.2. The number of nitrogens with zero attached hydrogens (tertiary/aromatic N) is 2. The zero-order valence-electron chi connectivity index (χ0n) is 55.4. The van der Waals surface area contributed by atoms with Crippen molar-refractivity contribution in [3.63, 3.8) is 0 Å². The van der Waals surface area contributed by atoms with Crippen LogP contribution in [-0.4, -0.2) is 162 Å². The number of para-hydroxylation sites is 2. The molecule has 6 aliphatic carbocycles. The maximum Gasteiger partial charge on any atom is 0.371 e. The van der Waals surface area contributed by atoms with Gasteiger partial charge in [-0.25, -0.2) is 21.6 Å². The lowest BCUT2D eigenvalue weighted by Gasteiger charge is -2.35. The van der Waals surface area contributed by atoms with Gasteiger partial charge in [-0.2, -0.15) is 0 Å². The van der Waals surface area contributed by atoms with Gasteiger partial charge in [0.1, 0.15) is 46.4 Å². The van der Waals surface area contributed by atoms with Crippen molar-refractivity contribution >= 4 is 101 Å². The van der Waals surface area contributed by atoms with Crippen LogP contribution in [-0.2, 0) is 58.4 Å². The number of benzene rings is 2. The quantitative estimate of drug-likeness (QED) is 0.0470. The van der Waals surface area contributed by atoms with Gasteiger partial charge in [-0.1, -0.05) is 90.1 Å². The third kappa shape index (κ3) is 16.8. The second-order valence-corrected chi connectivity index (χ2v) is 33.3. The van der Waals surface area contributed by atoms with Crippen LogP contribution in [0.15, 0.2) is 94.8 Å². The summed E-state index contributed by atoms with van der Waals surface area (Å²) in [6.07, 6.45) is 10.1. The molecule has 12 rings (SSSR count). The van der Waals surface area contributed by atoms with Crippen molar-refractivity contribution in [2.45, 2.75) is 189 Å². The molecule has 2 aliphatic heterocycles. The number of carbonyl (C=O) groups is 10. The Bertz CT molecular complexity index is 3980. The van der Waals surface area contributed by atoms with E-state index in [9.17, 15) is 64.8 Å². The molecular formula is C68H88N10O17S2. The van der Waals surface area contributed by atoms with Gasteiger partial charge in [0, 0.05) is 60.6 Å². The number of carbonyl (C=O) groups excluding carboxylic acids is 9. The lowest BCUT2D eigenvalue weighted by Crippen LogP contribution is -2.60. The summed E-state index contributed by atoms with van der Waals surface area (Å²) in [7, 11) is -7.69. The summed E-state index contributed by atoms with van der Waals surface area (Å²) in [5.74, 6) is -6.06. The number of rotatable bonds is 23. The first kappa shape index (κ1) is 71.3. The molecule has 2 saturated heterocycles. The predicted octanol–water partition coefficient (Wildman–Crippen LogP) is 4.18. The number of amides is 9. The Kier molecular flexibility index (Phi) is 20.2. The third-order valence-electron chi connectivity index (χ3n) is 19.1. The predicted molar refractivity (Wildman–Crippen MR) is 355 cm³/mol. The Balaban J connectivity index is 0.000000183. The van der Waals surface area contributed by atoms with Crippen LogP contribution in [0.5, 0.6) is 0 Å². The van der Waals surface area contributed by atoms with Gasteiger partial charge in [-0.3, -0.25) is 52.6 Å². The Hall–Kier alpha value is -8.44. The molecule has 4 aromatic rings. The van der Waals surface area contributed by atoms with E-state index in [2.05, 4.69) is 49.2 Å². The number of sulfonamides is 2. The summed E-state index contributed by atoms with van der Waals surface area (Å²) < 4.78 is 64.9. The van der Waals surface area contributed by atoms with Crippen molar-refractivity contribution in [2.24, 2.45) is 40.2 Å². The number of nitrogens with two attached hydrogens (primary N) is 1. The lowest BCUT2D eigenvalue weighted by molar-refractivity contribution is -0.144. The molecule has 0 spiro atoms. The second-order valence-electron chi connectivity index (χ2n) is 29.4. The average molecular weight is 1380 g/mol. The first-order valence-electron chi connectivity index (χ1n) is 33.0. The van der Waals surface area contributed by atoms with E-state index in [4.69, 9.17) is 19.7 Å². The number of fused-ring (bicyclic) bond motifs is 2. The highest BCUT2D eigenvalue weighted by Gasteiger charge is 2.63. The molecule has 27 nitrogen and oxygen atoms in total. The van der Waals surface area contributed by atoms with Crippen molar-refractivity contribution in [3.05, 3.63) is 97.5 Å². The summed E-state index contributed by atoms with van der Waals surface area (Å²) in [5.41, 5.74) is 2.96. The fraction of sp³-hybridized carbons (Fsp3) is 0.559. The van der Waals surface area contributed by atoms with Gasteiger partial charge < -0.3 is 56.1 Å². The minimum absolute atomic E-state index is 0.00720. The number of carboxylic acid groups (broad SMARTS) is 1. The molecule has 524 valence electrons. The largest absolute Gasteiger partial charge is 0.475 e. The van der Waals surface area contributed by atoms with Crippen LogP contribution >= 0.6 is 0 Å². The Morgan fingerprint density at radius 2 is 1.01 bits per heavy atom. The molecule has 2 aromatic carbocycles. The first-order chi connectivity index (χ1) is 45.6. The van der Waals surface area contributed by atoms with Crippen molar-refractivity contribution < 1.29 is 78.7 Å². The summed E-state index contributed by atoms with van der Waals surface area (Å²) in [4.78, 5) is 134. The Morgan fingerprint density at radius 3 is 1.39 bits per heavy atom. The van der Waals surface area contributed by atoms with Crippen LogP contribution in [0.2, 0.25) is 0 Å². The fourth-order valence-electron chi connectivity index (χ4n) is 12.5. The zero-order valence-corrected chi connectivity index (χ0v) is 57.0. The zero-order chi connectivity index (χ0) is 70.5. The van der Waals surface area contributed by atoms with E-state index < -0.39 is 148 Å². The highest BCUT2D eigenvalue weighted by molar-refractivity contribution is 7.91. The van der Waals surface area contributed by atoms with Gasteiger partial charge in [0.05, 0.1) is 10.5 Å². The number of likely N-dealkylation sites (tertiary alicyclic amines) is 2. The molecule has 10 N–H and O–H groups in total. The standard InChI is InChI=1S/C34H43N5O8S.C25H39N5O6S.C9H6O3/c1-5-21-17-34(21,32(44)38-48(45,46)23-12-13-23)37-29(41)24-16-22(35-30(42)26-15-20-8-6-7-9-25(20)47-26)18-39(24)31(43)28(33(2,3)4)36-27(40)14-19-10-11-19;1-5-15-12-25(15,23(34)29-37(35,36)17-8-9-17)28-21(32)18-11-16(26)13-30(18)22(33)20(24(2,3)4)27-19(31)10-14-6-7-14;10-9(11)8-5-6-3-1-2-4-7(6)12-8/h5-9,15,19,21-24,28H,1,10-14,16-18H2,2-4H3,(H,35,42)(H,36,40)(H,37,41)(H,38,44);5,14-18,20H,1,6-13,26H2,2-4H3,(H,27,31)(H,28,32)(H,29,34);1-5H,(H,10,11)/t21?,22-,24+,28-,34?;15?,16-,18+,20-,25?;/m11./s1. The minimum atomic E-state index is -3.89. The van der Waals surface area contributed by atoms with Crippen LogP contribution in [0.4, 0.5) is 0 Å². The molecular weight excluding hydrogens is 1290 g/mol. The van der Waals surface area contributed by atoms with Crippen molar-refractivity contribution in [3.8, 4) is 0 Å². The highest BCUT2D eigenvalue weighted by Crippen LogP contribution is 2.47. The minimum Gasteiger partial charge on any atom is -0.475 e. The number of hydrogen-bond donors (Lipinski definition) is 9. The van der Waals surface area contributed by atoms with Crippen molar-refractivity contribution in [1.29, 1.82) is 0 Å². The van der Waals surface area contributed by atoms with Gasteiger partial charge in [0.25, 0.3) is 17.7 Å². The van der Waals surface area contributed by atoms with Crippen molar-refractivity contribution in [2.75, 3.05) is 13.1 Å². The molecule has 4 heterocycles. The van der Waals surface area contributed by atoms with E-state index in [1.807, 2.05) is 65.8 Å². The summed E-state index contributed by atoms with van der Waals surface area (Å²) in [6.45, 7) is 18.5. The Labute approximate surface area is 563 Å². The molecule has 6 saturated carbocycles. The molecule has 9 amide bonds. The number of aromatic carboxylic acids is 1. The normalized spacial score (nSPS) is 25.7. The molecule has 10 atom stereocenters. The third-order valence-corrected chi connectivity index (χ3v) is 22.7. The van der Waals surface area contributed by atoms with E-state index >= 15 is 0 Å². The van der Waals surface area contributed by atoms with Crippen LogP contribution in [0.1, 0.15) is 153 Å². The maximum atomic E-state index is 14.3. The van der Waals surface area contributed by atoms with Crippen LogP contribution in [0.3, 0.4) is 0 Å². The highest BCUT2D eigenvalue weighted by atomic mass is 32.2. The monoisotopic (exact) mass is 1380 g/mol. The number of carboxylic acids is 1. The molecule has 0 radical (unpaired) electrons. The Morgan fingerprint density at radius 1 is 0.608 bits per heavy atom. The van der Waals surface area contributed by atoms with Gasteiger partial charge in [0.15, 0.2) is 5.76 Å². The van der Waals surface area contributed by atoms with Crippen molar-refractivity contribution in [1.82, 2.24) is 45.8 Å². The summed E-state index contributed by atoms with van der Waals surface area (Å²) in [5, 5.41) is 23.0. The maximum absolute atomic E-state index is 14.3. The average Bonchev–Trinajstić information content (AvgIpc) is 1.58. The smallest absolute Gasteiger partial charge is 0.371 e. The van der Waals surface area contributed by atoms with E-state index in [-0.39, 0.29) is 62.1 Å². The van der Waals surface area contributed by atoms with Crippen LogP contribution < -0.4 is 41.8 Å². The molecule has 8 aliphatic rings. The first-order valence-corrected chi connectivity index (χ1v) is 36.1. The SMILES string of the molecule is C=CC1CC1(NC(=O)[C@@H]1C[C@@H](N)CN1C(=O)[C@@H](NC(=O)CC1CC1)C(C)(C)C)C(=O)NS(=O)(=O)C1CC1.C=CC1CC1(NC(=O)[C@@H]1C[C@@H](NC(=O)c2cc3ccccc3o2)CN1C(=O)[C@@H](NC(=O)CC1CC1)C(C)(C)C)C(=O)NS(=O)(=O)C1CC1.O=C(O)c1cc2ccccc2o1. The molecule has 97 heavy (non-hydrogen) atoms. The topological polar surface area (TPSA) is 402 Å². The summed E-state index contributed by atoms with van der Waals surface area (Å²) >= 11 is 0. The van der Waals surface area contributed by atoms with E-state index in [1.165, 1.54) is 28.0 Å². The molecule has 29 heteroatoms. The van der Waals surface area contributed by atoms with E-state index in [0.717, 1.165) is 36.5 Å². The number of nitrogens with one attached hydrogen (secondary N) is 7. The molecule has 8 fully saturated rings. The van der Waals surface area contributed by atoms with Crippen LogP contribution in [0.25, 0.3) is 21.9 Å². The van der Waals surface area contributed by atoms with Crippen LogP contribution in [0, 0.1) is 34.5 Å². The van der Waals surface area contributed by atoms with Gasteiger partial charge in [-0.05, 0) is 124 Å². The van der Waals surface area contributed by atoms with E-state index in [0.29, 0.717) is 61.5 Å². The molecule has 4 unspecified atom stereocenters. The number of furan rings is 2. The van der Waals surface area contributed by atoms with Gasteiger partial charge >= 0.3 is 5.97 Å². The van der Waals surface area contributed by atoms with Gasteiger partial charge in [0.2, 0.25) is 61.2 Å². The molecule has 2 aromatic heterocycles. The lowest BCUT2D eigenvalue weighted by atomic mass is 9.85. The van der Waals surface area contributed by atoms with Gasteiger partial charge in [-0.15, -0.1) is 13.2 Å². The second kappa shape index (κ2) is 27.5. The number of hydrogen-bond acceptors (Lipinski definition) is 17. The van der Waals surface area contributed by atoms with E-state index in [1.54, 1.807) is 30.3 Å².